The number of nitrogens with one attached hydrogen (secondary N) is 1. The summed E-state index contributed by atoms with van der Waals surface area (Å²) in [5, 5.41) is 7.07. The molecule has 1 aromatic heterocycles. The van der Waals surface area contributed by atoms with Crippen LogP contribution in [0.5, 0.6) is 0 Å². The first kappa shape index (κ1) is 20.7. The summed E-state index contributed by atoms with van der Waals surface area (Å²) in [5.41, 5.74) is 9.06. The molecule has 3 rings (SSSR count). The third-order valence-electron chi connectivity index (χ3n) is 4.15. The second kappa shape index (κ2) is 9.97. The van der Waals surface area contributed by atoms with Gasteiger partial charge in [-0.05, 0) is 35.7 Å². The third kappa shape index (κ3) is 5.51. The van der Waals surface area contributed by atoms with Gasteiger partial charge < -0.3 is 20.6 Å². The molecule has 0 fully saturated rings. The number of anilines is 3. The van der Waals surface area contributed by atoms with E-state index in [-0.39, 0.29) is 12.6 Å². The van der Waals surface area contributed by atoms with Gasteiger partial charge in [0.2, 0.25) is 11.9 Å². The number of nitrogen functional groups attached to an aromatic ring is 1. The van der Waals surface area contributed by atoms with Crippen molar-refractivity contribution in [2.45, 2.75) is 20.0 Å². The van der Waals surface area contributed by atoms with Crippen molar-refractivity contribution in [2.75, 3.05) is 18.2 Å². The van der Waals surface area contributed by atoms with Crippen molar-refractivity contribution in [3.05, 3.63) is 71.0 Å². The average Bonchev–Trinajstić information content (AvgIpc) is 2.76. The molecular weight excluding hydrogens is 384 g/mol. The van der Waals surface area contributed by atoms with Gasteiger partial charge >= 0.3 is 5.97 Å². The van der Waals surface area contributed by atoms with Gasteiger partial charge in [-0.2, -0.15) is 15.0 Å². The van der Waals surface area contributed by atoms with Gasteiger partial charge in [-0.25, -0.2) is 4.79 Å². The first-order valence-electron chi connectivity index (χ1n) is 9.28. The standard InChI is InChI=1S/C21H22N6O3/c1-3-15-6-4-5-7-17(15)24-21-26-18(25-20(22)27-21)13-30-23-12-14-8-10-16(11-9-14)19(28)29-2/h4-12H,3,13H2,1-2H3,(H3,22,24,25,26,27)/b23-12+. The SMILES string of the molecule is CCc1ccccc1Nc1nc(N)nc(CO/N=C/c2ccc(C(=O)OC)cc2)n1. The summed E-state index contributed by atoms with van der Waals surface area (Å²) in [4.78, 5) is 29.2. The smallest absolute Gasteiger partial charge is 0.337 e. The van der Waals surface area contributed by atoms with E-state index in [2.05, 4.69) is 37.1 Å². The first-order valence-corrected chi connectivity index (χ1v) is 9.28. The van der Waals surface area contributed by atoms with Gasteiger partial charge in [-0.15, -0.1) is 0 Å². The minimum absolute atomic E-state index is 0.0214. The van der Waals surface area contributed by atoms with Crippen LogP contribution < -0.4 is 11.1 Å². The van der Waals surface area contributed by atoms with Crippen LogP contribution in [0.4, 0.5) is 17.6 Å². The number of rotatable bonds is 8. The maximum atomic E-state index is 11.4. The number of aryl methyl sites for hydroxylation is 1. The lowest BCUT2D eigenvalue weighted by molar-refractivity contribution is 0.0600. The summed E-state index contributed by atoms with van der Waals surface area (Å²) in [6, 6.07) is 14.6. The van der Waals surface area contributed by atoms with E-state index < -0.39 is 5.97 Å². The molecule has 1 heterocycles. The van der Waals surface area contributed by atoms with E-state index in [4.69, 9.17) is 10.6 Å². The van der Waals surface area contributed by atoms with Crippen molar-refractivity contribution in [1.82, 2.24) is 15.0 Å². The van der Waals surface area contributed by atoms with E-state index in [0.29, 0.717) is 17.3 Å². The Morgan fingerprint density at radius 1 is 1.13 bits per heavy atom. The Hall–Kier alpha value is -4.01. The van der Waals surface area contributed by atoms with Crippen molar-refractivity contribution >= 4 is 29.8 Å². The zero-order chi connectivity index (χ0) is 21.3. The highest BCUT2D eigenvalue weighted by molar-refractivity contribution is 5.90. The van der Waals surface area contributed by atoms with Gasteiger partial charge in [0, 0.05) is 5.69 Å². The molecule has 0 radical (unpaired) electrons. The highest BCUT2D eigenvalue weighted by Crippen LogP contribution is 2.19. The number of hydrogen-bond acceptors (Lipinski definition) is 9. The lowest BCUT2D eigenvalue weighted by Gasteiger charge is -2.10. The maximum absolute atomic E-state index is 11.4. The Labute approximate surface area is 174 Å². The van der Waals surface area contributed by atoms with Crippen LogP contribution in [0.1, 0.15) is 34.2 Å². The van der Waals surface area contributed by atoms with Gasteiger partial charge in [0.25, 0.3) is 0 Å². The number of carbonyl (C=O) groups excluding carboxylic acids is 1. The van der Waals surface area contributed by atoms with Crippen molar-refractivity contribution in [2.24, 2.45) is 5.16 Å². The summed E-state index contributed by atoms with van der Waals surface area (Å²) in [5.74, 6) is 0.372. The van der Waals surface area contributed by atoms with Gasteiger partial charge in [0.05, 0.1) is 18.9 Å². The Morgan fingerprint density at radius 3 is 2.63 bits per heavy atom. The van der Waals surface area contributed by atoms with Crippen LogP contribution in [0.2, 0.25) is 0 Å². The molecule has 3 N–H and O–H groups in total. The highest BCUT2D eigenvalue weighted by Gasteiger charge is 2.08. The Morgan fingerprint density at radius 2 is 1.90 bits per heavy atom. The summed E-state index contributed by atoms with van der Waals surface area (Å²) < 4.78 is 4.66. The number of nitrogens with zero attached hydrogens (tertiary/aromatic N) is 4. The molecule has 0 atom stereocenters. The number of ether oxygens (including phenoxy) is 1. The molecule has 0 unspecified atom stereocenters. The summed E-state index contributed by atoms with van der Waals surface area (Å²) in [7, 11) is 1.34. The molecule has 0 saturated carbocycles. The van der Waals surface area contributed by atoms with Crippen LogP contribution in [0.25, 0.3) is 0 Å². The number of para-hydroxylation sites is 1. The van der Waals surface area contributed by atoms with Crippen LogP contribution in [0.15, 0.2) is 53.7 Å². The highest BCUT2D eigenvalue weighted by atomic mass is 16.6. The van der Waals surface area contributed by atoms with E-state index in [0.717, 1.165) is 23.2 Å². The molecule has 9 nitrogen and oxygen atoms in total. The number of carbonyl (C=O) groups is 1. The second-order valence-corrected chi connectivity index (χ2v) is 6.19. The van der Waals surface area contributed by atoms with Crippen molar-refractivity contribution in [3.8, 4) is 0 Å². The molecule has 0 aliphatic carbocycles. The largest absolute Gasteiger partial charge is 0.465 e. The van der Waals surface area contributed by atoms with E-state index in [9.17, 15) is 4.79 Å². The lowest BCUT2D eigenvalue weighted by Crippen LogP contribution is -2.08. The quantitative estimate of drug-likeness (QED) is 0.332. The third-order valence-corrected chi connectivity index (χ3v) is 4.15. The molecule has 0 aliphatic heterocycles. The van der Waals surface area contributed by atoms with Gasteiger partial charge in [0.15, 0.2) is 12.4 Å². The molecular formula is C21H22N6O3. The number of hydrogen-bond donors (Lipinski definition) is 2. The number of benzene rings is 2. The number of oxime groups is 1. The zero-order valence-electron chi connectivity index (χ0n) is 16.7. The topological polar surface area (TPSA) is 125 Å². The fourth-order valence-electron chi connectivity index (χ4n) is 2.65. The molecule has 30 heavy (non-hydrogen) atoms. The van der Waals surface area contributed by atoms with Crippen LogP contribution in [-0.2, 0) is 22.6 Å². The van der Waals surface area contributed by atoms with E-state index in [1.807, 2.05) is 24.3 Å². The zero-order valence-corrected chi connectivity index (χ0v) is 16.7. The summed E-state index contributed by atoms with van der Waals surface area (Å²) in [6.07, 6.45) is 2.39. The molecule has 0 aliphatic rings. The van der Waals surface area contributed by atoms with E-state index in [1.54, 1.807) is 24.3 Å². The van der Waals surface area contributed by atoms with Crippen molar-refractivity contribution in [3.63, 3.8) is 0 Å². The Kier molecular flexibility index (Phi) is 6.88. The number of aromatic nitrogens is 3. The lowest BCUT2D eigenvalue weighted by atomic mass is 10.1. The fourth-order valence-corrected chi connectivity index (χ4v) is 2.65. The van der Waals surface area contributed by atoms with Gasteiger partial charge in [-0.3, -0.25) is 0 Å². The van der Waals surface area contributed by atoms with Crippen molar-refractivity contribution in [1.29, 1.82) is 0 Å². The van der Waals surface area contributed by atoms with Crippen LogP contribution >= 0.6 is 0 Å². The minimum Gasteiger partial charge on any atom is -0.465 e. The molecule has 0 spiro atoms. The van der Waals surface area contributed by atoms with E-state index >= 15 is 0 Å². The molecule has 0 saturated heterocycles. The van der Waals surface area contributed by atoms with Crippen LogP contribution in [-0.4, -0.2) is 34.2 Å². The second-order valence-electron chi connectivity index (χ2n) is 6.19. The number of nitrogens with two attached hydrogens (primary N) is 1. The summed E-state index contributed by atoms with van der Waals surface area (Å²) >= 11 is 0. The van der Waals surface area contributed by atoms with Crippen molar-refractivity contribution < 1.29 is 14.4 Å². The molecule has 2 aromatic carbocycles. The maximum Gasteiger partial charge on any atom is 0.337 e. The monoisotopic (exact) mass is 406 g/mol. The Bertz CT molecular complexity index is 1040. The predicted octanol–water partition coefficient (Wildman–Crippen LogP) is 3.10. The van der Waals surface area contributed by atoms with Crippen LogP contribution in [0.3, 0.4) is 0 Å². The number of methoxy groups -OCH3 is 1. The molecule has 0 bridgehead atoms. The first-order chi connectivity index (χ1) is 14.6. The predicted molar refractivity (Wildman–Crippen MR) is 114 cm³/mol. The Balaban J connectivity index is 1.62. The normalized spacial score (nSPS) is 10.7. The van der Waals surface area contributed by atoms with Gasteiger partial charge in [0.1, 0.15) is 0 Å². The van der Waals surface area contributed by atoms with Gasteiger partial charge in [-0.1, -0.05) is 42.4 Å². The molecule has 154 valence electrons. The number of esters is 1. The fraction of sp³-hybridized carbons (Fsp3) is 0.190. The average molecular weight is 406 g/mol. The van der Waals surface area contributed by atoms with Crippen LogP contribution in [0, 0.1) is 0 Å². The van der Waals surface area contributed by atoms with E-state index in [1.165, 1.54) is 13.3 Å². The minimum atomic E-state index is -0.395. The molecule has 3 aromatic rings. The molecule has 0 amide bonds. The molecule has 9 heteroatoms. The summed E-state index contributed by atoms with van der Waals surface area (Å²) in [6.45, 7) is 2.09.